The normalized spacial score (nSPS) is 9.00. The summed E-state index contributed by atoms with van der Waals surface area (Å²) in [6, 6.07) is 5.99. The molecule has 78 valence electrons. The number of nitrogens with one attached hydrogen (secondary N) is 1. The highest BCUT2D eigenvalue weighted by Crippen LogP contribution is 2.16. The van der Waals surface area contributed by atoms with Crippen LogP contribution in [0.3, 0.4) is 0 Å². The van der Waals surface area contributed by atoms with Gasteiger partial charge in [0, 0.05) is 17.0 Å². The van der Waals surface area contributed by atoms with Gasteiger partial charge in [0.25, 0.3) is 0 Å². The predicted molar refractivity (Wildman–Crippen MR) is 64.4 cm³/mol. The van der Waals surface area contributed by atoms with E-state index in [-0.39, 0.29) is 5.91 Å². The van der Waals surface area contributed by atoms with Crippen molar-refractivity contribution in [1.29, 1.82) is 0 Å². The van der Waals surface area contributed by atoms with Crippen LogP contribution in [0.25, 0.3) is 0 Å². The SMILES string of the molecule is CC(=O)NCC#Cc1cc(C)ccc1Br. The highest BCUT2D eigenvalue weighted by atomic mass is 79.9. The van der Waals surface area contributed by atoms with Crippen molar-refractivity contribution in [1.82, 2.24) is 5.32 Å². The van der Waals surface area contributed by atoms with Crippen molar-refractivity contribution in [3.05, 3.63) is 33.8 Å². The van der Waals surface area contributed by atoms with E-state index in [1.54, 1.807) is 0 Å². The second-order valence-corrected chi connectivity index (χ2v) is 4.05. The zero-order chi connectivity index (χ0) is 11.3. The number of amides is 1. The largest absolute Gasteiger partial charge is 0.345 e. The fraction of sp³-hybridized carbons (Fsp3) is 0.250. The van der Waals surface area contributed by atoms with Gasteiger partial charge >= 0.3 is 0 Å². The first-order valence-corrected chi connectivity index (χ1v) is 5.38. The maximum Gasteiger partial charge on any atom is 0.217 e. The second-order valence-electron chi connectivity index (χ2n) is 3.19. The minimum Gasteiger partial charge on any atom is -0.345 e. The summed E-state index contributed by atoms with van der Waals surface area (Å²) in [5.74, 6) is 5.82. The van der Waals surface area contributed by atoms with E-state index in [2.05, 4.69) is 33.1 Å². The van der Waals surface area contributed by atoms with Gasteiger partial charge in [-0.05, 0) is 40.5 Å². The smallest absolute Gasteiger partial charge is 0.217 e. The first-order valence-electron chi connectivity index (χ1n) is 4.59. The Labute approximate surface area is 98.2 Å². The van der Waals surface area contributed by atoms with Crippen LogP contribution in [-0.2, 0) is 4.79 Å². The van der Waals surface area contributed by atoms with E-state index in [4.69, 9.17) is 0 Å². The number of aryl methyl sites for hydroxylation is 1. The lowest BCUT2D eigenvalue weighted by Gasteiger charge is -1.97. The average Bonchev–Trinajstić information content (AvgIpc) is 2.17. The Morgan fingerprint density at radius 2 is 2.27 bits per heavy atom. The number of rotatable bonds is 1. The summed E-state index contributed by atoms with van der Waals surface area (Å²) in [5, 5.41) is 2.62. The Hall–Kier alpha value is -1.27. The van der Waals surface area contributed by atoms with Crippen LogP contribution in [0.4, 0.5) is 0 Å². The van der Waals surface area contributed by atoms with Crippen LogP contribution in [0.2, 0.25) is 0 Å². The molecule has 0 aliphatic rings. The topological polar surface area (TPSA) is 29.1 Å². The molecule has 1 rings (SSSR count). The number of carbonyl (C=O) groups excluding carboxylic acids is 1. The van der Waals surface area contributed by atoms with Gasteiger partial charge in [-0.25, -0.2) is 0 Å². The van der Waals surface area contributed by atoms with Gasteiger partial charge in [-0.2, -0.15) is 0 Å². The third kappa shape index (κ3) is 4.18. The fourth-order valence-electron chi connectivity index (χ4n) is 1.04. The standard InChI is InChI=1S/C12H12BrNO/c1-9-5-6-12(13)11(8-9)4-3-7-14-10(2)15/h5-6,8H,7H2,1-2H3,(H,14,15). The molecule has 1 aromatic rings. The van der Waals surface area contributed by atoms with Gasteiger partial charge in [0.2, 0.25) is 5.91 Å². The Morgan fingerprint density at radius 3 is 2.93 bits per heavy atom. The highest BCUT2D eigenvalue weighted by Gasteiger charge is 1.95. The second kappa shape index (κ2) is 5.57. The lowest BCUT2D eigenvalue weighted by molar-refractivity contribution is -0.118. The summed E-state index contributed by atoms with van der Waals surface area (Å²) in [6.07, 6.45) is 0. The molecule has 0 saturated heterocycles. The van der Waals surface area contributed by atoms with Crippen molar-refractivity contribution in [2.45, 2.75) is 13.8 Å². The zero-order valence-corrected chi connectivity index (χ0v) is 10.3. The van der Waals surface area contributed by atoms with E-state index in [1.165, 1.54) is 12.5 Å². The molecule has 0 atom stereocenters. The molecule has 0 radical (unpaired) electrons. The molecule has 1 N–H and O–H groups in total. The van der Waals surface area contributed by atoms with Gasteiger partial charge in [0.1, 0.15) is 0 Å². The van der Waals surface area contributed by atoms with E-state index in [9.17, 15) is 4.79 Å². The minimum atomic E-state index is -0.0624. The fourth-order valence-corrected chi connectivity index (χ4v) is 1.39. The Kier molecular flexibility index (Phi) is 4.38. The lowest BCUT2D eigenvalue weighted by Crippen LogP contribution is -2.19. The number of hydrogen-bond acceptors (Lipinski definition) is 1. The molecular formula is C12H12BrNO. The van der Waals surface area contributed by atoms with Gasteiger partial charge in [-0.15, -0.1) is 0 Å². The molecule has 2 nitrogen and oxygen atoms in total. The van der Waals surface area contributed by atoms with Crippen LogP contribution >= 0.6 is 15.9 Å². The van der Waals surface area contributed by atoms with Crippen LogP contribution in [-0.4, -0.2) is 12.5 Å². The van der Waals surface area contributed by atoms with Crippen molar-refractivity contribution in [2.75, 3.05) is 6.54 Å². The monoisotopic (exact) mass is 265 g/mol. The molecule has 0 heterocycles. The summed E-state index contributed by atoms with van der Waals surface area (Å²) >= 11 is 3.42. The molecular weight excluding hydrogens is 254 g/mol. The van der Waals surface area contributed by atoms with E-state index in [0.29, 0.717) is 6.54 Å². The van der Waals surface area contributed by atoms with Crippen molar-refractivity contribution in [3.63, 3.8) is 0 Å². The van der Waals surface area contributed by atoms with E-state index >= 15 is 0 Å². The lowest BCUT2D eigenvalue weighted by atomic mass is 10.1. The van der Waals surface area contributed by atoms with Crippen LogP contribution in [0.15, 0.2) is 22.7 Å². The molecule has 1 aromatic carbocycles. The van der Waals surface area contributed by atoms with E-state index in [1.807, 2.05) is 25.1 Å². The molecule has 0 aromatic heterocycles. The molecule has 0 aliphatic heterocycles. The molecule has 3 heteroatoms. The molecule has 0 saturated carbocycles. The van der Waals surface area contributed by atoms with E-state index < -0.39 is 0 Å². The third-order valence-corrected chi connectivity index (χ3v) is 2.46. The van der Waals surface area contributed by atoms with Crippen LogP contribution in [0, 0.1) is 18.8 Å². The quantitative estimate of drug-likeness (QED) is 0.776. The molecule has 1 amide bonds. The molecule has 0 unspecified atom stereocenters. The number of carbonyl (C=O) groups is 1. The van der Waals surface area contributed by atoms with Crippen molar-refractivity contribution < 1.29 is 4.79 Å². The van der Waals surface area contributed by atoms with Crippen LogP contribution in [0.1, 0.15) is 18.1 Å². The van der Waals surface area contributed by atoms with Crippen LogP contribution < -0.4 is 5.32 Å². The van der Waals surface area contributed by atoms with Crippen molar-refractivity contribution >= 4 is 21.8 Å². The first-order chi connectivity index (χ1) is 7.09. The Bertz CT molecular complexity index is 429. The van der Waals surface area contributed by atoms with Gasteiger partial charge in [-0.1, -0.05) is 17.9 Å². The summed E-state index contributed by atoms with van der Waals surface area (Å²) in [5.41, 5.74) is 2.11. The predicted octanol–water partition coefficient (Wildman–Crippen LogP) is 2.25. The Morgan fingerprint density at radius 1 is 1.53 bits per heavy atom. The number of hydrogen-bond donors (Lipinski definition) is 1. The van der Waals surface area contributed by atoms with Crippen LogP contribution in [0.5, 0.6) is 0 Å². The molecule has 0 spiro atoms. The summed E-state index contributed by atoms with van der Waals surface area (Å²) in [7, 11) is 0. The minimum absolute atomic E-state index is 0.0624. The molecule has 15 heavy (non-hydrogen) atoms. The Balaban J connectivity index is 2.71. The van der Waals surface area contributed by atoms with Crippen molar-refractivity contribution in [2.24, 2.45) is 0 Å². The summed E-state index contributed by atoms with van der Waals surface area (Å²) in [4.78, 5) is 10.6. The highest BCUT2D eigenvalue weighted by molar-refractivity contribution is 9.10. The maximum atomic E-state index is 10.6. The van der Waals surface area contributed by atoms with Gasteiger partial charge in [0.15, 0.2) is 0 Å². The van der Waals surface area contributed by atoms with Gasteiger partial charge in [0.05, 0.1) is 6.54 Å². The summed E-state index contributed by atoms with van der Waals surface area (Å²) in [6.45, 7) is 3.88. The average molecular weight is 266 g/mol. The summed E-state index contributed by atoms with van der Waals surface area (Å²) < 4.78 is 0.975. The first kappa shape index (κ1) is 11.8. The zero-order valence-electron chi connectivity index (χ0n) is 8.73. The number of halogens is 1. The third-order valence-electron chi connectivity index (χ3n) is 1.77. The molecule has 0 aliphatic carbocycles. The van der Waals surface area contributed by atoms with E-state index in [0.717, 1.165) is 10.0 Å². The van der Waals surface area contributed by atoms with Gasteiger partial charge < -0.3 is 5.32 Å². The maximum absolute atomic E-state index is 10.6. The van der Waals surface area contributed by atoms with Crippen molar-refractivity contribution in [3.8, 4) is 11.8 Å². The van der Waals surface area contributed by atoms with Gasteiger partial charge in [-0.3, -0.25) is 4.79 Å². The molecule has 0 fully saturated rings. The molecule has 0 bridgehead atoms. The number of benzene rings is 1.